The highest BCUT2D eigenvalue weighted by molar-refractivity contribution is 5.78. The van der Waals surface area contributed by atoms with E-state index in [1.54, 1.807) is 0 Å². The van der Waals surface area contributed by atoms with Gasteiger partial charge in [0.2, 0.25) is 5.91 Å². The van der Waals surface area contributed by atoms with Gasteiger partial charge in [-0.3, -0.25) is 4.79 Å². The van der Waals surface area contributed by atoms with Gasteiger partial charge in [-0.25, -0.2) is 0 Å². The molecule has 0 spiro atoms. The summed E-state index contributed by atoms with van der Waals surface area (Å²) in [6, 6.07) is 8.43. The number of hydrogen-bond acceptors (Lipinski definition) is 3. The Labute approximate surface area is 121 Å². The van der Waals surface area contributed by atoms with Crippen LogP contribution in [0.5, 0.6) is 0 Å². The quantitative estimate of drug-likeness (QED) is 0.826. The Kier molecular flexibility index (Phi) is 5.01. The van der Waals surface area contributed by atoms with Crippen molar-refractivity contribution in [3.8, 4) is 0 Å². The molecule has 1 aromatic rings. The molecule has 1 aromatic carbocycles. The predicted molar refractivity (Wildman–Crippen MR) is 82.1 cm³/mol. The number of likely N-dealkylation sites (tertiary alicyclic amines) is 1. The second-order valence-electron chi connectivity index (χ2n) is 5.83. The SMILES string of the molecule is CC(C)C(=O)N1CCC(NCc2ccccc2N)CC1. The summed E-state index contributed by atoms with van der Waals surface area (Å²) in [6.07, 6.45) is 2.04. The van der Waals surface area contributed by atoms with Crippen LogP contribution in [0.15, 0.2) is 24.3 Å². The van der Waals surface area contributed by atoms with Crippen molar-refractivity contribution in [2.45, 2.75) is 39.3 Å². The first-order chi connectivity index (χ1) is 9.58. The minimum Gasteiger partial charge on any atom is -0.398 e. The summed E-state index contributed by atoms with van der Waals surface area (Å²) >= 11 is 0. The van der Waals surface area contributed by atoms with Crippen LogP contribution in [0, 0.1) is 5.92 Å². The Morgan fingerprint density at radius 2 is 2.00 bits per heavy atom. The summed E-state index contributed by atoms with van der Waals surface area (Å²) in [5, 5.41) is 3.55. The second kappa shape index (κ2) is 6.75. The fraction of sp³-hybridized carbons (Fsp3) is 0.562. The fourth-order valence-electron chi connectivity index (χ4n) is 2.62. The molecule has 110 valence electrons. The zero-order valence-corrected chi connectivity index (χ0v) is 12.4. The predicted octanol–water partition coefficient (Wildman–Crippen LogP) is 2.01. The average molecular weight is 275 g/mol. The first-order valence-electron chi connectivity index (χ1n) is 7.43. The standard InChI is InChI=1S/C16H25N3O/c1-12(2)16(20)19-9-7-14(8-10-19)18-11-13-5-3-4-6-15(13)17/h3-6,12,14,18H,7-11,17H2,1-2H3. The Morgan fingerprint density at radius 1 is 1.35 bits per heavy atom. The van der Waals surface area contributed by atoms with Crippen molar-refractivity contribution >= 4 is 11.6 Å². The Bertz CT molecular complexity index is 451. The molecule has 0 aromatic heterocycles. The molecular weight excluding hydrogens is 250 g/mol. The van der Waals surface area contributed by atoms with Gasteiger partial charge in [0.1, 0.15) is 0 Å². The van der Waals surface area contributed by atoms with Gasteiger partial charge < -0.3 is 16.0 Å². The van der Waals surface area contributed by atoms with Crippen molar-refractivity contribution < 1.29 is 4.79 Å². The first kappa shape index (κ1) is 14.9. The number of amides is 1. The van der Waals surface area contributed by atoms with E-state index in [0.717, 1.165) is 43.7 Å². The summed E-state index contributed by atoms with van der Waals surface area (Å²) in [5.41, 5.74) is 7.93. The van der Waals surface area contributed by atoms with E-state index in [1.807, 2.05) is 36.9 Å². The fourth-order valence-corrected chi connectivity index (χ4v) is 2.62. The number of piperidine rings is 1. The number of nitrogens with two attached hydrogens (primary N) is 1. The molecule has 0 aliphatic carbocycles. The average Bonchev–Trinajstić information content (AvgIpc) is 2.46. The van der Waals surface area contributed by atoms with Crippen LogP contribution < -0.4 is 11.1 Å². The topological polar surface area (TPSA) is 58.4 Å². The van der Waals surface area contributed by atoms with Crippen LogP contribution in [0.2, 0.25) is 0 Å². The maximum Gasteiger partial charge on any atom is 0.225 e. The lowest BCUT2D eigenvalue weighted by atomic mass is 10.0. The molecule has 3 N–H and O–H groups in total. The first-order valence-corrected chi connectivity index (χ1v) is 7.43. The Morgan fingerprint density at radius 3 is 2.60 bits per heavy atom. The number of nitrogens with zero attached hydrogens (tertiary/aromatic N) is 1. The highest BCUT2D eigenvalue weighted by atomic mass is 16.2. The van der Waals surface area contributed by atoms with Gasteiger partial charge in [-0.05, 0) is 24.5 Å². The highest BCUT2D eigenvalue weighted by Gasteiger charge is 2.23. The number of benzene rings is 1. The third kappa shape index (κ3) is 3.73. The molecule has 2 rings (SSSR count). The van der Waals surface area contributed by atoms with E-state index < -0.39 is 0 Å². The van der Waals surface area contributed by atoms with Crippen LogP contribution in [-0.4, -0.2) is 29.9 Å². The van der Waals surface area contributed by atoms with E-state index in [1.165, 1.54) is 0 Å². The van der Waals surface area contributed by atoms with E-state index >= 15 is 0 Å². The van der Waals surface area contributed by atoms with Crippen molar-refractivity contribution in [3.63, 3.8) is 0 Å². The van der Waals surface area contributed by atoms with Gasteiger partial charge >= 0.3 is 0 Å². The Hall–Kier alpha value is -1.55. The number of para-hydroxylation sites is 1. The molecule has 0 radical (unpaired) electrons. The van der Waals surface area contributed by atoms with Gasteiger partial charge in [0.25, 0.3) is 0 Å². The molecule has 4 nitrogen and oxygen atoms in total. The molecule has 0 saturated carbocycles. The molecule has 1 fully saturated rings. The van der Waals surface area contributed by atoms with Gasteiger partial charge in [-0.15, -0.1) is 0 Å². The highest BCUT2D eigenvalue weighted by Crippen LogP contribution is 2.15. The summed E-state index contributed by atoms with van der Waals surface area (Å²) in [5.74, 6) is 0.374. The van der Waals surface area contributed by atoms with Gasteiger partial charge in [0, 0.05) is 37.3 Å². The molecule has 20 heavy (non-hydrogen) atoms. The largest absolute Gasteiger partial charge is 0.398 e. The summed E-state index contributed by atoms with van der Waals surface area (Å²) in [6.45, 7) is 6.45. The van der Waals surface area contributed by atoms with Crippen LogP contribution in [0.3, 0.4) is 0 Å². The normalized spacial score (nSPS) is 16.6. The lowest BCUT2D eigenvalue weighted by Gasteiger charge is -2.33. The number of carbonyl (C=O) groups is 1. The molecule has 1 heterocycles. The van der Waals surface area contributed by atoms with Crippen LogP contribution in [0.25, 0.3) is 0 Å². The van der Waals surface area contributed by atoms with Gasteiger partial charge in [0.15, 0.2) is 0 Å². The number of nitrogen functional groups attached to an aromatic ring is 1. The zero-order chi connectivity index (χ0) is 14.5. The number of anilines is 1. The van der Waals surface area contributed by atoms with E-state index in [9.17, 15) is 4.79 Å². The van der Waals surface area contributed by atoms with Crippen LogP contribution in [0.1, 0.15) is 32.3 Å². The van der Waals surface area contributed by atoms with Crippen LogP contribution in [0.4, 0.5) is 5.69 Å². The van der Waals surface area contributed by atoms with Crippen LogP contribution >= 0.6 is 0 Å². The molecule has 1 amide bonds. The molecule has 4 heteroatoms. The second-order valence-corrected chi connectivity index (χ2v) is 5.83. The number of rotatable bonds is 4. The van der Waals surface area contributed by atoms with Crippen molar-refractivity contribution in [2.75, 3.05) is 18.8 Å². The zero-order valence-electron chi connectivity index (χ0n) is 12.4. The maximum atomic E-state index is 11.9. The van der Waals surface area contributed by atoms with Crippen molar-refractivity contribution in [1.82, 2.24) is 10.2 Å². The van der Waals surface area contributed by atoms with E-state index in [-0.39, 0.29) is 11.8 Å². The van der Waals surface area contributed by atoms with Crippen molar-refractivity contribution in [2.24, 2.45) is 5.92 Å². The smallest absolute Gasteiger partial charge is 0.225 e. The molecule has 0 bridgehead atoms. The monoisotopic (exact) mass is 275 g/mol. The maximum absolute atomic E-state index is 11.9. The van der Waals surface area contributed by atoms with E-state index in [2.05, 4.69) is 11.4 Å². The van der Waals surface area contributed by atoms with Gasteiger partial charge in [0.05, 0.1) is 0 Å². The molecule has 1 aliphatic rings. The minimum atomic E-state index is 0.101. The molecule has 1 saturated heterocycles. The number of hydrogen-bond donors (Lipinski definition) is 2. The van der Waals surface area contributed by atoms with Gasteiger partial charge in [-0.2, -0.15) is 0 Å². The van der Waals surface area contributed by atoms with Crippen molar-refractivity contribution in [3.05, 3.63) is 29.8 Å². The number of carbonyl (C=O) groups excluding carboxylic acids is 1. The summed E-state index contributed by atoms with van der Waals surface area (Å²) < 4.78 is 0. The van der Waals surface area contributed by atoms with Crippen LogP contribution in [-0.2, 0) is 11.3 Å². The summed E-state index contributed by atoms with van der Waals surface area (Å²) in [7, 11) is 0. The van der Waals surface area contributed by atoms with Gasteiger partial charge in [-0.1, -0.05) is 32.0 Å². The lowest BCUT2D eigenvalue weighted by molar-refractivity contribution is -0.135. The molecular formula is C16H25N3O. The minimum absolute atomic E-state index is 0.101. The van der Waals surface area contributed by atoms with Crippen molar-refractivity contribution in [1.29, 1.82) is 0 Å². The van der Waals surface area contributed by atoms with E-state index in [4.69, 9.17) is 5.73 Å². The molecule has 1 aliphatic heterocycles. The van der Waals surface area contributed by atoms with E-state index in [0.29, 0.717) is 6.04 Å². The summed E-state index contributed by atoms with van der Waals surface area (Å²) in [4.78, 5) is 13.9. The molecule has 0 atom stereocenters. The Balaban J connectivity index is 1.78. The third-order valence-electron chi connectivity index (χ3n) is 3.94. The number of nitrogens with one attached hydrogen (secondary N) is 1. The lowest BCUT2D eigenvalue weighted by Crippen LogP contribution is -2.46. The molecule has 0 unspecified atom stereocenters. The third-order valence-corrected chi connectivity index (χ3v) is 3.94.